The van der Waals surface area contributed by atoms with Crippen LogP contribution in [0.15, 0.2) is 0 Å². The maximum absolute atomic E-state index is 11.8. The Morgan fingerprint density at radius 1 is 1.38 bits per heavy atom. The van der Waals surface area contributed by atoms with E-state index in [1.54, 1.807) is 0 Å². The summed E-state index contributed by atoms with van der Waals surface area (Å²) in [7, 11) is 2.16. The van der Waals surface area contributed by atoms with Gasteiger partial charge in [0.2, 0.25) is 5.91 Å². The quantitative estimate of drug-likeness (QED) is 0.721. The summed E-state index contributed by atoms with van der Waals surface area (Å²) in [4.78, 5) is 14.1. The van der Waals surface area contributed by atoms with Crippen molar-refractivity contribution in [1.82, 2.24) is 15.5 Å². The molecule has 0 aromatic carbocycles. The lowest BCUT2D eigenvalue weighted by molar-refractivity contribution is -0.123. The fraction of sp³-hybridized carbons (Fsp3) is 0.917. The Morgan fingerprint density at radius 3 is 2.75 bits per heavy atom. The Kier molecular flexibility index (Phi) is 4.18. The third-order valence-corrected chi connectivity index (χ3v) is 3.78. The van der Waals surface area contributed by atoms with Crippen molar-refractivity contribution >= 4 is 5.91 Å². The topological polar surface area (TPSA) is 44.4 Å². The summed E-state index contributed by atoms with van der Waals surface area (Å²) in [5, 5.41) is 6.32. The van der Waals surface area contributed by atoms with Gasteiger partial charge in [0.05, 0.1) is 6.04 Å². The van der Waals surface area contributed by atoms with E-state index in [9.17, 15) is 4.79 Å². The number of hydrogen-bond acceptors (Lipinski definition) is 3. The van der Waals surface area contributed by atoms with E-state index in [1.165, 1.54) is 25.9 Å². The van der Waals surface area contributed by atoms with Gasteiger partial charge in [-0.1, -0.05) is 0 Å². The van der Waals surface area contributed by atoms with Gasteiger partial charge in [-0.05, 0) is 58.3 Å². The second-order valence-corrected chi connectivity index (χ2v) is 5.14. The first kappa shape index (κ1) is 11.9. The second-order valence-electron chi connectivity index (χ2n) is 5.14. The molecule has 92 valence electrons. The molecule has 0 spiro atoms. The highest BCUT2D eigenvalue weighted by Crippen LogP contribution is 2.15. The number of piperidine rings is 1. The molecule has 0 saturated carbocycles. The largest absolute Gasteiger partial charge is 0.354 e. The summed E-state index contributed by atoms with van der Waals surface area (Å²) in [5.41, 5.74) is 0. The van der Waals surface area contributed by atoms with Crippen molar-refractivity contribution in [2.75, 3.05) is 33.2 Å². The molecule has 0 bridgehead atoms. The molecule has 2 rings (SSSR count). The van der Waals surface area contributed by atoms with Crippen LogP contribution in [0.25, 0.3) is 0 Å². The Labute approximate surface area is 97.8 Å². The maximum atomic E-state index is 11.8. The van der Waals surface area contributed by atoms with Crippen molar-refractivity contribution in [2.24, 2.45) is 5.92 Å². The van der Waals surface area contributed by atoms with Gasteiger partial charge in [0.15, 0.2) is 0 Å². The number of carbonyl (C=O) groups excluding carboxylic acids is 1. The fourth-order valence-electron chi connectivity index (χ4n) is 2.54. The Bertz CT molecular complexity index is 230. The minimum absolute atomic E-state index is 0.0752. The molecule has 0 aliphatic carbocycles. The van der Waals surface area contributed by atoms with Crippen molar-refractivity contribution in [1.29, 1.82) is 0 Å². The zero-order valence-corrected chi connectivity index (χ0v) is 10.2. The smallest absolute Gasteiger partial charge is 0.237 e. The van der Waals surface area contributed by atoms with E-state index < -0.39 is 0 Å². The first-order valence-electron chi connectivity index (χ1n) is 6.45. The number of hydrogen-bond donors (Lipinski definition) is 2. The van der Waals surface area contributed by atoms with E-state index in [2.05, 4.69) is 22.6 Å². The van der Waals surface area contributed by atoms with Crippen molar-refractivity contribution < 1.29 is 4.79 Å². The highest BCUT2D eigenvalue weighted by Gasteiger charge is 2.23. The molecule has 4 nitrogen and oxygen atoms in total. The summed E-state index contributed by atoms with van der Waals surface area (Å²) in [6, 6.07) is 0.0752. The Hall–Kier alpha value is -0.610. The Balaban J connectivity index is 1.65. The maximum Gasteiger partial charge on any atom is 0.237 e. The van der Waals surface area contributed by atoms with Crippen LogP contribution in [-0.4, -0.2) is 50.1 Å². The molecule has 0 aromatic heterocycles. The molecule has 2 heterocycles. The van der Waals surface area contributed by atoms with Gasteiger partial charge < -0.3 is 15.5 Å². The number of rotatable bonds is 3. The van der Waals surface area contributed by atoms with Crippen LogP contribution in [0.5, 0.6) is 0 Å². The molecule has 2 N–H and O–H groups in total. The average Bonchev–Trinajstić information content (AvgIpc) is 2.81. The normalized spacial score (nSPS) is 28.2. The van der Waals surface area contributed by atoms with E-state index in [1.807, 2.05) is 0 Å². The summed E-state index contributed by atoms with van der Waals surface area (Å²) in [6.07, 6.45) is 4.56. The lowest BCUT2D eigenvalue weighted by Gasteiger charge is -2.29. The molecular weight excluding hydrogens is 202 g/mol. The number of carbonyl (C=O) groups is 1. The number of likely N-dealkylation sites (tertiary alicyclic amines) is 1. The summed E-state index contributed by atoms with van der Waals surface area (Å²) in [5.74, 6) is 0.887. The van der Waals surface area contributed by atoms with Gasteiger partial charge in [-0.3, -0.25) is 4.79 Å². The van der Waals surface area contributed by atoms with E-state index in [0.29, 0.717) is 5.92 Å². The van der Waals surface area contributed by atoms with Gasteiger partial charge in [0.25, 0.3) is 0 Å². The third-order valence-electron chi connectivity index (χ3n) is 3.78. The number of nitrogens with one attached hydrogen (secondary N) is 2. The summed E-state index contributed by atoms with van der Waals surface area (Å²) in [6.45, 7) is 4.20. The molecule has 4 heteroatoms. The van der Waals surface area contributed by atoms with Gasteiger partial charge in [-0.25, -0.2) is 0 Å². The fourth-order valence-corrected chi connectivity index (χ4v) is 2.54. The van der Waals surface area contributed by atoms with Gasteiger partial charge in [0.1, 0.15) is 0 Å². The predicted octanol–water partition coefficient (Wildman–Crippen LogP) is 0.196. The van der Waals surface area contributed by atoms with Crippen LogP contribution >= 0.6 is 0 Å². The monoisotopic (exact) mass is 225 g/mol. The van der Waals surface area contributed by atoms with Gasteiger partial charge >= 0.3 is 0 Å². The molecule has 1 atom stereocenters. The molecule has 16 heavy (non-hydrogen) atoms. The van der Waals surface area contributed by atoms with Crippen molar-refractivity contribution in [2.45, 2.75) is 31.7 Å². The lowest BCUT2D eigenvalue weighted by Crippen LogP contribution is -2.43. The van der Waals surface area contributed by atoms with E-state index in [4.69, 9.17) is 0 Å². The van der Waals surface area contributed by atoms with Gasteiger partial charge in [-0.2, -0.15) is 0 Å². The standard InChI is InChI=1S/C12H23N3O/c1-15-7-4-10(5-8-15)9-14-12(16)11-3-2-6-13-11/h10-11,13H,2-9H2,1H3,(H,14,16)/t11-/m1/s1. The molecule has 0 radical (unpaired) electrons. The lowest BCUT2D eigenvalue weighted by atomic mass is 9.97. The minimum atomic E-state index is 0.0752. The first-order valence-corrected chi connectivity index (χ1v) is 6.45. The molecular formula is C12H23N3O. The minimum Gasteiger partial charge on any atom is -0.354 e. The summed E-state index contributed by atoms with van der Waals surface area (Å²) < 4.78 is 0. The molecule has 2 saturated heterocycles. The van der Waals surface area contributed by atoms with Crippen molar-refractivity contribution in [3.63, 3.8) is 0 Å². The third kappa shape index (κ3) is 3.19. The van der Waals surface area contributed by atoms with Crippen molar-refractivity contribution in [3.8, 4) is 0 Å². The Morgan fingerprint density at radius 2 is 2.12 bits per heavy atom. The van der Waals surface area contributed by atoms with Crippen LogP contribution in [0.4, 0.5) is 0 Å². The highest BCUT2D eigenvalue weighted by atomic mass is 16.2. The second kappa shape index (κ2) is 5.64. The predicted molar refractivity (Wildman–Crippen MR) is 64.3 cm³/mol. The van der Waals surface area contributed by atoms with Crippen LogP contribution in [0.3, 0.4) is 0 Å². The van der Waals surface area contributed by atoms with E-state index in [0.717, 1.165) is 25.9 Å². The number of amides is 1. The van der Waals surface area contributed by atoms with Gasteiger partial charge in [-0.15, -0.1) is 0 Å². The summed E-state index contributed by atoms with van der Waals surface area (Å²) >= 11 is 0. The SMILES string of the molecule is CN1CCC(CNC(=O)[C@H]2CCCN2)CC1. The molecule has 1 amide bonds. The van der Waals surface area contributed by atoms with Crippen LogP contribution in [0.2, 0.25) is 0 Å². The number of nitrogens with zero attached hydrogens (tertiary/aromatic N) is 1. The van der Waals surface area contributed by atoms with E-state index in [-0.39, 0.29) is 11.9 Å². The zero-order valence-electron chi connectivity index (χ0n) is 10.2. The molecule has 0 unspecified atom stereocenters. The highest BCUT2D eigenvalue weighted by molar-refractivity contribution is 5.81. The van der Waals surface area contributed by atoms with Crippen LogP contribution in [0, 0.1) is 5.92 Å². The van der Waals surface area contributed by atoms with Gasteiger partial charge in [0, 0.05) is 6.54 Å². The van der Waals surface area contributed by atoms with Crippen LogP contribution < -0.4 is 10.6 Å². The molecule has 0 aromatic rings. The van der Waals surface area contributed by atoms with Crippen LogP contribution in [0.1, 0.15) is 25.7 Å². The van der Waals surface area contributed by atoms with Crippen LogP contribution in [-0.2, 0) is 4.79 Å². The zero-order chi connectivity index (χ0) is 11.4. The molecule has 2 fully saturated rings. The first-order chi connectivity index (χ1) is 7.75. The van der Waals surface area contributed by atoms with E-state index >= 15 is 0 Å². The molecule has 2 aliphatic rings. The average molecular weight is 225 g/mol. The van der Waals surface area contributed by atoms with Crippen molar-refractivity contribution in [3.05, 3.63) is 0 Å². The molecule has 2 aliphatic heterocycles.